The Bertz CT molecular complexity index is 2450. The lowest BCUT2D eigenvalue weighted by molar-refractivity contribution is 0.482. The lowest BCUT2D eigenvalue weighted by Crippen LogP contribution is -1.97. The SMILES string of the molecule is c1ccc(-n2c(-c3ccc(-c4ccc(Oc5ccc(-n6c7ccccc7c7ccccc76)cc5)cc4)cc3)nc3ccccc32)cc1. The van der Waals surface area contributed by atoms with Gasteiger partial charge in [0.2, 0.25) is 0 Å². The standard InChI is InChI=1S/C43H29N3O/c1-2-10-33(11-3-1)46-42-17-9-6-14-39(42)44-43(46)32-20-18-30(19-21-32)31-22-26-35(27-23-31)47-36-28-24-34(25-29-36)45-40-15-7-4-12-37(40)38-13-5-8-16-41(38)45/h1-29H. The number of hydrogen-bond acceptors (Lipinski definition) is 2. The number of aromatic nitrogens is 3. The van der Waals surface area contributed by atoms with E-state index >= 15 is 0 Å². The van der Waals surface area contributed by atoms with Crippen molar-refractivity contribution in [2.75, 3.05) is 0 Å². The molecule has 0 atom stereocenters. The lowest BCUT2D eigenvalue weighted by atomic mass is 10.0. The highest BCUT2D eigenvalue weighted by Gasteiger charge is 2.15. The van der Waals surface area contributed by atoms with E-state index in [9.17, 15) is 0 Å². The maximum atomic E-state index is 6.26. The predicted molar refractivity (Wildman–Crippen MR) is 193 cm³/mol. The second-order valence-corrected chi connectivity index (χ2v) is 11.7. The number of benzene rings is 7. The van der Waals surface area contributed by atoms with Crippen LogP contribution in [-0.4, -0.2) is 14.1 Å². The highest BCUT2D eigenvalue weighted by atomic mass is 16.5. The third-order valence-corrected chi connectivity index (χ3v) is 8.82. The Labute approximate surface area is 272 Å². The smallest absolute Gasteiger partial charge is 0.145 e. The van der Waals surface area contributed by atoms with Crippen LogP contribution >= 0.6 is 0 Å². The van der Waals surface area contributed by atoms with E-state index in [-0.39, 0.29) is 0 Å². The van der Waals surface area contributed by atoms with Crippen LogP contribution in [0.2, 0.25) is 0 Å². The molecular weight excluding hydrogens is 574 g/mol. The molecule has 222 valence electrons. The predicted octanol–water partition coefficient (Wildman–Crippen LogP) is 11.2. The zero-order chi connectivity index (χ0) is 31.2. The molecule has 4 heteroatoms. The van der Waals surface area contributed by atoms with Gasteiger partial charge in [0, 0.05) is 27.7 Å². The molecule has 0 aliphatic rings. The first-order valence-electron chi connectivity index (χ1n) is 15.8. The minimum atomic E-state index is 0.798. The number of rotatable bonds is 6. The van der Waals surface area contributed by atoms with Gasteiger partial charge in [-0.2, -0.15) is 0 Å². The van der Waals surface area contributed by atoms with Crippen molar-refractivity contribution in [1.29, 1.82) is 0 Å². The van der Waals surface area contributed by atoms with Gasteiger partial charge in [0.1, 0.15) is 17.3 Å². The first kappa shape index (κ1) is 27.0. The monoisotopic (exact) mass is 603 g/mol. The summed E-state index contributed by atoms with van der Waals surface area (Å²) >= 11 is 0. The van der Waals surface area contributed by atoms with Crippen molar-refractivity contribution in [3.05, 3.63) is 176 Å². The van der Waals surface area contributed by atoms with Crippen molar-refractivity contribution >= 4 is 32.8 Å². The Kier molecular flexibility index (Phi) is 6.43. The molecule has 9 aromatic rings. The Hall–Kier alpha value is -6.39. The first-order valence-corrected chi connectivity index (χ1v) is 15.8. The molecular formula is C43H29N3O. The number of nitrogens with zero attached hydrogens (tertiary/aromatic N) is 3. The van der Waals surface area contributed by atoms with Crippen molar-refractivity contribution in [2.45, 2.75) is 0 Å². The number of para-hydroxylation sites is 5. The maximum absolute atomic E-state index is 6.26. The van der Waals surface area contributed by atoms with Gasteiger partial charge in [0.25, 0.3) is 0 Å². The third-order valence-electron chi connectivity index (χ3n) is 8.82. The van der Waals surface area contributed by atoms with Crippen LogP contribution in [-0.2, 0) is 0 Å². The van der Waals surface area contributed by atoms with Crippen LogP contribution in [0.1, 0.15) is 0 Å². The van der Waals surface area contributed by atoms with Crippen LogP contribution in [0, 0.1) is 0 Å². The summed E-state index contributed by atoms with van der Waals surface area (Å²) in [5.74, 6) is 2.52. The molecule has 9 rings (SSSR count). The molecule has 0 aliphatic heterocycles. The maximum Gasteiger partial charge on any atom is 0.145 e. The summed E-state index contributed by atoms with van der Waals surface area (Å²) in [6.45, 7) is 0. The summed E-state index contributed by atoms with van der Waals surface area (Å²) in [4.78, 5) is 5.00. The van der Waals surface area contributed by atoms with Crippen LogP contribution in [0.4, 0.5) is 0 Å². The van der Waals surface area contributed by atoms with Crippen LogP contribution in [0.5, 0.6) is 11.5 Å². The molecule has 0 bridgehead atoms. The minimum Gasteiger partial charge on any atom is -0.457 e. The molecule has 0 fully saturated rings. The Morgan fingerprint density at radius 2 is 0.830 bits per heavy atom. The van der Waals surface area contributed by atoms with Crippen molar-refractivity contribution in [3.63, 3.8) is 0 Å². The number of hydrogen-bond donors (Lipinski definition) is 0. The van der Waals surface area contributed by atoms with Gasteiger partial charge in [-0.05, 0) is 83.9 Å². The average Bonchev–Trinajstić information content (AvgIpc) is 3.69. The van der Waals surface area contributed by atoms with Crippen molar-refractivity contribution in [1.82, 2.24) is 14.1 Å². The summed E-state index contributed by atoms with van der Waals surface area (Å²) in [5.41, 5.74) is 9.99. The summed E-state index contributed by atoms with van der Waals surface area (Å²) < 4.78 is 10.8. The van der Waals surface area contributed by atoms with E-state index in [0.29, 0.717) is 0 Å². The Balaban J connectivity index is 0.957. The normalized spacial score (nSPS) is 11.4. The van der Waals surface area contributed by atoms with E-state index in [0.717, 1.165) is 56.4 Å². The van der Waals surface area contributed by atoms with Crippen molar-refractivity contribution < 1.29 is 4.74 Å². The van der Waals surface area contributed by atoms with Crippen LogP contribution in [0.3, 0.4) is 0 Å². The molecule has 47 heavy (non-hydrogen) atoms. The first-order chi connectivity index (χ1) is 23.3. The summed E-state index contributed by atoms with van der Waals surface area (Å²) in [7, 11) is 0. The molecule has 0 spiro atoms. The van der Waals surface area contributed by atoms with E-state index < -0.39 is 0 Å². The molecule has 7 aromatic carbocycles. The van der Waals surface area contributed by atoms with Gasteiger partial charge in [-0.15, -0.1) is 0 Å². The van der Waals surface area contributed by atoms with Gasteiger partial charge >= 0.3 is 0 Å². The largest absolute Gasteiger partial charge is 0.457 e. The zero-order valence-corrected chi connectivity index (χ0v) is 25.5. The van der Waals surface area contributed by atoms with Gasteiger partial charge in [-0.1, -0.05) is 103 Å². The number of fused-ring (bicyclic) bond motifs is 4. The molecule has 0 unspecified atom stereocenters. The third kappa shape index (κ3) is 4.75. The van der Waals surface area contributed by atoms with E-state index in [4.69, 9.17) is 9.72 Å². The molecule has 0 amide bonds. The van der Waals surface area contributed by atoms with Crippen molar-refractivity contribution in [3.8, 4) is 45.4 Å². The zero-order valence-electron chi connectivity index (χ0n) is 25.5. The van der Waals surface area contributed by atoms with E-state index in [2.05, 4.69) is 149 Å². The summed E-state index contributed by atoms with van der Waals surface area (Å²) in [6.07, 6.45) is 0. The topological polar surface area (TPSA) is 32.0 Å². The molecule has 0 saturated carbocycles. The van der Waals surface area contributed by atoms with Gasteiger partial charge in [-0.3, -0.25) is 4.57 Å². The molecule has 4 nitrogen and oxygen atoms in total. The van der Waals surface area contributed by atoms with Gasteiger partial charge in [0.05, 0.1) is 22.1 Å². The quantitative estimate of drug-likeness (QED) is 0.189. The Morgan fingerprint density at radius 3 is 1.47 bits per heavy atom. The average molecular weight is 604 g/mol. The Morgan fingerprint density at radius 1 is 0.362 bits per heavy atom. The number of imidazole rings is 1. The van der Waals surface area contributed by atoms with E-state index in [1.54, 1.807) is 0 Å². The van der Waals surface area contributed by atoms with Crippen LogP contribution in [0.25, 0.3) is 66.7 Å². The van der Waals surface area contributed by atoms with E-state index in [1.165, 1.54) is 21.8 Å². The van der Waals surface area contributed by atoms with Gasteiger partial charge in [0.15, 0.2) is 0 Å². The highest BCUT2D eigenvalue weighted by molar-refractivity contribution is 6.09. The molecule has 0 N–H and O–H groups in total. The molecule has 0 saturated heterocycles. The van der Waals surface area contributed by atoms with E-state index in [1.807, 2.05) is 36.4 Å². The molecule has 2 aromatic heterocycles. The fourth-order valence-corrected chi connectivity index (χ4v) is 6.59. The minimum absolute atomic E-state index is 0.798. The summed E-state index contributed by atoms with van der Waals surface area (Å²) in [5, 5.41) is 2.51. The molecule has 0 aliphatic carbocycles. The lowest BCUT2D eigenvalue weighted by Gasteiger charge is -2.11. The van der Waals surface area contributed by atoms with Crippen LogP contribution < -0.4 is 4.74 Å². The fourth-order valence-electron chi connectivity index (χ4n) is 6.59. The molecule has 2 heterocycles. The molecule has 0 radical (unpaired) electrons. The number of ether oxygens (including phenoxy) is 1. The highest BCUT2D eigenvalue weighted by Crippen LogP contribution is 2.34. The van der Waals surface area contributed by atoms with Gasteiger partial charge in [-0.25, -0.2) is 4.98 Å². The second kappa shape index (κ2) is 11.2. The van der Waals surface area contributed by atoms with Crippen LogP contribution in [0.15, 0.2) is 176 Å². The van der Waals surface area contributed by atoms with Crippen molar-refractivity contribution in [2.24, 2.45) is 0 Å². The fraction of sp³-hybridized carbons (Fsp3) is 0. The van der Waals surface area contributed by atoms with Gasteiger partial charge < -0.3 is 9.30 Å². The summed E-state index contributed by atoms with van der Waals surface area (Å²) in [6, 6.07) is 61.0. The second-order valence-electron chi connectivity index (χ2n) is 11.7.